The summed E-state index contributed by atoms with van der Waals surface area (Å²) in [5.74, 6) is 1.07. The summed E-state index contributed by atoms with van der Waals surface area (Å²) < 4.78 is 7.11. The average Bonchev–Trinajstić information content (AvgIpc) is 3.36. The predicted octanol–water partition coefficient (Wildman–Crippen LogP) is 2.04. The van der Waals surface area contributed by atoms with Crippen LogP contribution < -0.4 is 10.9 Å². The molecule has 0 radical (unpaired) electrons. The van der Waals surface area contributed by atoms with Gasteiger partial charge in [0.05, 0.1) is 17.6 Å². The maximum absolute atomic E-state index is 12.7. The van der Waals surface area contributed by atoms with Crippen LogP contribution in [0.1, 0.15) is 46.5 Å². The molecular formula is C18H18N4O3. The van der Waals surface area contributed by atoms with Crippen molar-refractivity contribution in [2.75, 3.05) is 0 Å². The first kappa shape index (κ1) is 15.6. The van der Waals surface area contributed by atoms with E-state index >= 15 is 0 Å². The Labute approximate surface area is 143 Å². The smallest absolute Gasteiger partial charge is 0.254 e. The first-order chi connectivity index (χ1) is 12.1. The van der Waals surface area contributed by atoms with Gasteiger partial charge in [-0.25, -0.2) is 0 Å². The Morgan fingerprint density at radius 1 is 1.32 bits per heavy atom. The number of nitrogens with one attached hydrogen (secondary N) is 1. The molecule has 0 aliphatic heterocycles. The number of benzene rings is 1. The van der Waals surface area contributed by atoms with Crippen LogP contribution in [-0.4, -0.2) is 20.7 Å². The number of aryl methyl sites for hydroxylation is 1. The van der Waals surface area contributed by atoms with E-state index in [0.717, 1.165) is 23.7 Å². The molecule has 1 N–H and O–H groups in total. The summed E-state index contributed by atoms with van der Waals surface area (Å²) in [5.41, 5.74) is 1.35. The number of carbonyl (C=O) groups excluding carboxylic acids is 1. The lowest BCUT2D eigenvalue weighted by Gasteiger charge is -2.13. The molecule has 0 spiro atoms. The number of carbonyl (C=O) groups is 1. The monoisotopic (exact) mass is 338 g/mol. The van der Waals surface area contributed by atoms with Gasteiger partial charge in [-0.3, -0.25) is 9.59 Å². The van der Waals surface area contributed by atoms with Crippen molar-refractivity contribution in [1.82, 2.24) is 20.1 Å². The van der Waals surface area contributed by atoms with Gasteiger partial charge < -0.3 is 14.3 Å². The molecule has 7 nitrogen and oxygen atoms in total. The molecule has 1 saturated carbocycles. The quantitative estimate of drug-likeness (QED) is 0.786. The van der Waals surface area contributed by atoms with Crippen molar-refractivity contribution in [3.63, 3.8) is 0 Å². The maximum Gasteiger partial charge on any atom is 0.254 e. The van der Waals surface area contributed by atoms with Gasteiger partial charge in [0.2, 0.25) is 11.8 Å². The third-order valence-corrected chi connectivity index (χ3v) is 4.57. The van der Waals surface area contributed by atoms with Crippen molar-refractivity contribution < 1.29 is 9.21 Å². The normalized spacial score (nSPS) is 14.0. The molecule has 1 fully saturated rings. The number of aromatic nitrogens is 3. The standard InChI is InChI=1S/C18H18N4O3/c1-10-15(12-5-3-4-6-13(12)22(2)18(10)24)16(23)19-9-14-20-21-17(25-14)11-7-8-11/h3-6,11H,7-9H2,1-2H3,(H,19,23). The highest BCUT2D eigenvalue weighted by atomic mass is 16.4. The lowest BCUT2D eigenvalue weighted by Crippen LogP contribution is -2.29. The third kappa shape index (κ3) is 2.71. The minimum Gasteiger partial charge on any atom is -0.423 e. The molecule has 0 atom stereocenters. The number of hydrogen-bond acceptors (Lipinski definition) is 5. The summed E-state index contributed by atoms with van der Waals surface area (Å²) >= 11 is 0. The van der Waals surface area contributed by atoms with E-state index in [2.05, 4.69) is 15.5 Å². The second-order valence-corrected chi connectivity index (χ2v) is 6.37. The predicted molar refractivity (Wildman–Crippen MR) is 91.4 cm³/mol. The summed E-state index contributed by atoms with van der Waals surface area (Å²) in [7, 11) is 1.71. The SMILES string of the molecule is Cc1c(C(=O)NCc2nnc(C3CC3)o2)c2ccccc2n(C)c1=O. The van der Waals surface area contributed by atoms with Gasteiger partial charge in [-0.05, 0) is 25.8 Å². The van der Waals surface area contributed by atoms with E-state index in [4.69, 9.17) is 4.42 Å². The Morgan fingerprint density at radius 3 is 2.84 bits per heavy atom. The zero-order valence-electron chi connectivity index (χ0n) is 14.1. The summed E-state index contributed by atoms with van der Waals surface area (Å²) in [6, 6.07) is 7.36. The van der Waals surface area contributed by atoms with Crippen molar-refractivity contribution in [2.24, 2.45) is 7.05 Å². The molecule has 3 aromatic rings. The van der Waals surface area contributed by atoms with Crippen LogP contribution in [-0.2, 0) is 13.6 Å². The zero-order chi connectivity index (χ0) is 17.6. The molecule has 0 unspecified atom stereocenters. The van der Waals surface area contributed by atoms with E-state index in [9.17, 15) is 9.59 Å². The average molecular weight is 338 g/mol. The number of rotatable bonds is 4. The Balaban J connectivity index is 1.64. The molecule has 1 amide bonds. The fourth-order valence-electron chi connectivity index (χ4n) is 3.02. The zero-order valence-corrected chi connectivity index (χ0v) is 14.1. The van der Waals surface area contributed by atoms with E-state index in [0.29, 0.717) is 28.8 Å². The summed E-state index contributed by atoms with van der Waals surface area (Å²) in [4.78, 5) is 25.1. The number of hydrogen-bond donors (Lipinski definition) is 1. The molecule has 4 rings (SSSR count). The minimum atomic E-state index is -0.322. The minimum absolute atomic E-state index is 0.140. The first-order valence-corrected chi connectivity index (χ1v) is 8.25. The van der Waals surface area contributed by atoms with Crippen LogP contribution in [0.3, 0.4) is 0 Å². The number of nitrogens with zero attached hydrogens (tertiary/aromatic N) is 3. The Kier molecular flexibility index (Phi) is 3.63. The molecule has 2 heterocycles. The summed E-state index contributed by atoms with van der Waals surface area (Å²) in [5, 5.41) is 11.5. The summed E-state index contributed by atoms with van der Waals surface area (Å²) in [6.07, 6.45) is 2.15. The number of amides is 1. The van der Waals surface area contributed by atoms with Crippen molar-refractivity contribution >= 4 is 16.8 Å². The Hall–Kier alpha value is -2.96. The molecule has 128 valence electrons. The second-order valence-electron chi connectivity index (χ2n) is 6.37. The van der Waals surface area contributed by atoms with Gasteiger partial charge in [0, 0.05) is 23.9 Å². The third-order valence-electron chi connectivity index (χ3n) is 4.57. The Morgan fingerprint density at radius 2 is 2.08 bits per heavy atom. The van der Waals surface area contributed by atoms with Crippen LogP contribution in [0.4, 0.5) is 0 Å². The van der Waals surface area contributed by atoms with Gasteiger partial charge in [0.15, 0.2) is 0 Å². The second kappa shape index (κ2) is 5.84. The van der Waals surface area contributed by atoms with Gasteiger partial charge in [-0.1, -0.05) is 18.2 Å². The largest absolute Gasteiger partial charge is 0.423 e. The molecule has 0 saturated heterocycles. The van der Waals surface area contributed by atoms with Crippen LogP contribution in [0.25, 0.3) is 10.9 Å². The molecular weight excluding hydrogens is 320 g/mol. The fraction of sp³-hybridized carbons (Fsp3) is 0.333. The lowest BCUT2D eigenvalue weighted by molar-refractivity contribution is 0.0948. The highest BCUT2D eigenvalue weighted by molar-refractivity contribution is 6.07. The number of para-hydroxylation sites is 1. The van der Waals surface area contributed by atoms with E-state index in [1.54, 1.807) is 18.5 Å². The van der Waals surface area contributed by atoms with E-state index in [-0.39, 0.29) is 18.0 Å². The van der Waals surface area contributed by atoms with E-state index in [1.807, 2.05) is 24.3 Å². The maximum atomic E-state index is 12.7. The van der Waals surface area contributed by atoms with Crippen LogP contribution in [0.2, 0.25) is 0 Å². The molecule has 2 aromatic heterocycles. The highest BCUT2D eigenvalue weighted by Gasteiger charge is 2.29. The molecule has 7 heteroatoms. The highest BCUT2D eigenvalue weighted by Crippen LogP contribution is 2.38. The van der Waals surface area contributed by atoms with Crippen LogP contribution >= 0.6 is 0 Å². The van der Waals surface area contributed by atoms with Crippen molar-refractivity contribution in [2.45, 2.75) is 32.2 Å². The number of fused-ring (bicyclic) bond motifs is 1. The van der Waals surface area contributed by atoms with Crippen LogP contribution in [0.15, 0.2) is 33.5 Å². The fourth-order valence-corrected chi connectivity index (χ4v) is 3.02. The van der Waals surface area contributed by atoms with Crippen LogP contribution in [0.5, 0.6) is 0 Å². The lowest BCUT2D eigenvalue weighted by atomic mass is 10.0. The van der Waals surface area contributed by atoms with Gasteiger partial charge in [-0.2, -0.15) is 0 Å². The molecule has 0 bridgehead atoms. The molecule has 1 aliphatic rings. The van der Waals surface area contributed by atoms with E-state index in [1.165, 1.54) is 0 Å². The first-order valence-electron chi connectivity index (χ1n) is 8.25. The van der Waals surface area contributed by atoms with Crippen molar-refractivity contribution in [1.29, 1.82) is 0 Å². The molecule has 1 aromatic carbocycles. The van der Waals surface area contributed by atoms with E-state index < -0.39 is 0 Å². The van der Waals surface area contributed by atoms with Gasteiger partial charge in [0.1, 0.15) is 0 Å². The summed E-state index contributed by atoms with van der Waals surface area (Å²) in [6.45, 7) is 1.81. The van der Waals surface area contributed by atoms with Gasteiger partial charge in [0.25, 0.3) is 11.5 Å². The topological polar surface area (TPSA) is 90.0 Å². The van der Waals surface area contributed by atoms with Gasteiger partial charge >= 0.3 is 0 Å². The van der Waals surface area contributed by atoms with Crippen molar-refractivity contribution in [3.8, 4) is 0 Å². The molecule has 1 aliphatic carbocycles. The van der Waals surface area contributed by atoms with Gasteiger partial charge in [-0.15, -0.1) is 10.2 Å². The van der Waals surface area contributed by atoms with Crippen molar-refractivity contribution in [3.05, 3.63) is 57.5 Å². The number of pyridine rings is 1. The van der Waals surface area contributed by atoms with Crippen LogP contribution in [0, 0.1) is 6.92 Å². The Bertz CT molecular complexity index is 1030. The molecule has 25 heavy (non-hydrogen) atoms.